The molecule has 0 saturated heterocycles. The summed E-state index contributed by atoms with van der Waals surface area (Å²) in [4.78, 5) is 0. The minimum Gasteiger partial charge on any atom is -0.506 e. The maximum atomic E-state index is 9.93. The monoisotopic (exact) mass is 263 g/mol. The molecule has 1 heterocycles. The minimum atomic E-state index is 0.0238. The summed E-state index contributed by atoms with van der Waals surface area (Å²) in [7, 11) is 0. The van der Waals surface area contributed by atoms with Gasteiger partial charge < -0.3 is 9.84 Å². The number of ether oxygens (including phenoxy) is 1. The van der Waals surface area contributed by atoms with E-state index in [1.807, 2.05) is 30.4 Å². The van der Waals surface area contributed by atoms with E-state index in [-0.39, 0.29) is 11.3 Å². The molecule has 0 atom stereocenters. The lowest BCUT2D eigenvalue weighted by molar-refractivity contribution is 0.357. The fourth-order valence-corrected chi connectivity index (χ4v) is 2.28. The van der Waals surface area contributed by atoms with Crippen molar-refractivity contribution in [2.24, 2.45) is 0 Å². The second-order valence-electron chi connectivity index (χ2n) is 4.65. The normalized spacial score (nSPS) is 12.9. The molecule has 0 aliphatic carbocycles. The van der Waals surface area contributed by atoms with Crippen LogP contribution in [0, 0.1) is 11.3 Å². The van der Waals surface area contributed by atoms with E-state index in [4.69, 9.17) is 10.00 Å². The van der Waals surface area contributed by atoms with Crippen molar-refractivity contribution < 1.29 is 9.84 Å². The van der Waals surface area contributed by atoms with Crippen LogP contribution >= 0.6 is 0 Å². The number of aromatic hydroxyl groups is 1. The van der Waals surface area contributed by atoms with Gasteiger partial charge >= 0.3 is 0 Å². The second kappa shape index (κ2) is 5.10. The molecule has 0 unspecified atom stereocenters. The van der Waals surface area contributed by atoms with Gasteiger partial charge in [-0.15, -0.1) is 0 Å². The van der Waals surface area contributed by atoms with E-state index in [1.54, 1.807) is 18.2 Å². The first-order chi connectivity index (χ1) is 9.78. The van der Waals surface area contributed by atoms with E-state index >= 15 is 0 Å². The van der Waals surface area contributed by atoms with Gasteiger partial charge in [0.05, 0.1) is 12.2 Å². The molecule has 0 saturated carbocycles. The highest BCUT2D eigenvalue weighted by molar-refractivity contribution is 5.74. The van der Waals surface area contributed by atoms with Gasteiger partial charge in [-0.2, -0.15) is 5.26 Å². The lowest BCUT2D eigenvalue weighted by Crippen LogP contribution is -1.85. The molecule has 0 amide bonds. The Morgan fingerprint density at radius 2 is 2.10 bits per heavy atom. The molecule has 98 valence electrons. The van der Waals surface area contributed by atoms with Gasteiger partial charge in [0.25, 0.3) is 0 Å². The third-order valence-electron chi connectivity index (χ3n) is 3.36. The zero-order valence-electron chi connectivity index (χ0n) is 10.8. The Balaban J connectivity index is 1.90. The van der Waals surface area contributed by atoms with Crippen LogP contribution in [0.2, 0.25) is 0 Å². The minimum absolute atomic E-state index is 0.0238. The van der Waals surface area contributed by atoms with Crippen LogP contribution in [0.25, 0.3) is 12.2 Å². The number of benzene rings is 2. The maximum Gasteiger partial charge on any atom is 0.140 e. The van der Waals surface area contributed by atoms with Crippen LogP contribution in [0.1, 0.15) is 22.3 Å². The molecule has 0 aromatic heterocycles. The van der Waals surface area contributed by atoms with Crippen molar-refractivity contribution in [3.8, 4) is 17.6 Å². The fourth-order valence-electron chi connectivity index (χ4n) is 2.28. The number of hydrogen-bond acceptors (Lipinski definition) is 3. The molecule has 1 aliphatic heterocycles. The predicted octanol–water partition coefficient (Wildman–Crippen LogP) is 3.37. The Bertz CT molecular complexity index is 726. The Hall–Kier alpha value is -2.73. The number of nitrogens with zero attached hydrogens (tertiary/aromatic N) is 1. The number of phenolic OH excluding ortho intramolecular Hbond substituents is 1. The van der Waals surface area contributed by atoms with E-state index < -0.39 is 0 Å². The first-order valence-corrected chi connectivity index (χ1v) is 6.44. The molecular weight excluding hydrogens is 250 g/mol. The van der Waals surface area contributed by atoms with Crippen molar-refractivity contribution in [3.05, 3.63) is 58.7 Å². The van der Waals surface area contributed by atoms with Crippen LogP contribution in [0.5, 0.6) is 11.5 Å². The Kier molecular flexibility index (Phi) is 3.14. The summed E-state index contributed by atoms with van der Waals surface area (Å²) in [6.45, 7) is 0.744. The van der Waals surface area contributed by atoms with Crippen LogP contribution in [0.3, 0.4) is 0 Å². The summed E-state index contributed by atoms with van der Waals surface area (Å²) in [5, 5.41) is 18.8. The molecule has 0 fully saturated rings. The summed E-state index contributed by atoms with van der Waals surface area (Å²) in [6.07, 6.45) is 4.68. The molecule has 2 aromatic rings. The van der Waals surface area contributed by atoms with E-state index in [0.717, 1.165) is 24.3 Å². The molecule has 20 heavy (non-hydrogen) atoms. The SMILES string of the molecule is N#Cc1cccc(/C=C/c2ccc3c(c2)CCO3)c1O. The van der Waals surface area contributed by atoms with Gasteiger partial charge in [-0.05, 0) is 29.3 Å². The second-order valence-corrected chi connectivity index (χ2v) is 4.65. The molecule has 3 rings (SSSR count). The van der Waals surface area contributed by atoms with Crippen molar-refractivity contribution in [1.29, 1.82) is 5.26 Å². The van der Waals surface area contributed by atoms with Crippen LogP contribution in [0.4, 0.5) is 0 Å². The number of rotatable bonds is 2. The first kappa shape index (κ1) is 12.3. The summed E-state index contributed by atoms with van der Waals surface area (Å²) in [6, 6.07) is 13.1. The van der Waals surface area contributed by atoms with Crippen molar-refractivity contribution >= 4 is 12.2 Å². The highest BCUT2D eigenvalue weighted by Crippen LogP contribution is 2.27. The molecule has 0 spiro atoms. The third kappa shape index (κ3) is 2.24. The Morgan fingerprint density at radius 3 is 2.95 bits per heavy atom. The van der Waals surface area contributed by atoms with E-state index in [9.17, 15) is 5.11 Å². The molecule has 0 bridgehead atoms. The molecule has 3 nitrogen and oxygen atoms in total. The topological polar surface area (TPSA) is 53.2 Å². The zero-order valence-corrected chi connectivity index (χ0v) is 10.8. The third-order valence-corrected chi connectivity index (χ3v) is 3.36. The van der Waals surface area contributed by atoms with Crippen LogP contribution < -0.4 is 4.74 Å². The predicted molar refractivity (Wildman–Crippen MR) is 77.4 cm³/mol. The highest BCUT2D eigenvalue weighted by atomic mass is 16.5. The largest absolute Gasteiger partial charge is 0.506 e. The fraction of sp³-hybridized carbons (Fsp3) is 0.118. The molecule has 1 aliphatic rings. The average Bonchev–Trinajstić information content (AvgIpc) is 2.93. The van der Waals surface area contributed by atoms with Crippen molar-refractivity contribution in [3.63, 3.8) is 0 Å². The highest BCUT2D eigenvalue weighted by Gasteiger charge is 2.11. The number of fused-ring (bicyclic) bond motifs is 1. The van der Waals surface area contributed by atoms with Gasteiger partial charge in [0.1, 0.15) is 17.6 Å². The summed E-state index contributed by atoms with van der Waals surface area (Å²) in [5.74, 6) is 0.979. The van der Waals surface area contributed by atoms with Gasteiger partial charge in [-0.1, -0.05) is 30.4 Å². The average molecular weight is 263 g/mol. The van der Waals surface area contributed by atoms with Crippen molar-refractivity contribution in [2.75, 3.05) is 6.61 Å². The number of para-hydroxylation sites is 1. The summed E-state index contributed by atoms with van der Waals surface area (Å²) < 4.78 is 5.47. The molecule has 2 aromatic carbocycles. The van der Waals surface area contributed by atoms with Gasteiger partial charge in [-0.3, -0.25) is 0 Å². The molecule has 0 radical (unpaired) electrons. The van der Waals surface area contributed by atoms with Gasteiger partial charge in [-0.25, -0.2) is 0 Å². The maximum absolute atomic E-state index is 9.93. The van der Waals surface area contributed by atoms with Gasteiger partial charge in [0, 0.05) is 12.0 Å². The van der Waals surface area contributed by atoms with Crippen LogP contribution in [-0.4, -0.2) is 11.7 Å². The number of hydrogen-bond donors (Lipinski definition) is 1. The Morgan fingerprint density at radius 1 is 1.20 bits per heavy atom. The standard InChI is InChI=1S/C17H13NO2/c18-11-15-3-1-2-13(17(15)19)6-4-12-5-7-16-14(10-12)8-9-20-16/h1-7,10,19H,8-9H2/b6-4+. The zero-order chi connectivity index (χ0) is 13.9. The van der Waals surface area contributed by atoms with E-state index in [2.05, 4.69) is 6.07 Å². The number of phenols is 1. The molecular formula is C17H13NO2. The smallest absolute Gasteiger partial charge is 0.140 e. The number of nitriles is 1. The Labute approximate surface area is 117 Å². The van der Waals surface area contributed by atoms with Crippen molar-refractivity contribution in [1.82, 2.24) is 0 Å². The lowest BCUT2D eigenvalue weighted by atomic mass is 10.1. The van der Waals surface area contributed by atoms with E-state index in [0.29, 0.717) is 5.56 Å². The van der Waals surface area contributed by atoms with Crippen LogP contribution in [-0.2, 0) is 6.42 Å². The van der Waals surface area contributed by atoms with Gasteiger partial charge in [0.15, 0.2) is 0 Å². The van der Waals surface area contributed by atoms with E-state index in [1.165, 1.54) is 5.56 Å². The molecule has 1 N–H and O–H groups in total. The summed E-state index contributed by atoms with van der Waals surface area (Å²) >= 11 is 0. The quantitative estimate of drug-likeness (QED) is 0.845. The molecule has 3 heteroatoms. The van der Waals surface area contributed by atoms with Crippen LogP contribution in [0.15, 0.2) is 36.4 Å². The van der Waals surface area contributed by atoms with Gasteiger partial charge in [0.2, 0.25) is 0 Å². The first-order valence-electron chi connectivity index (χ1n) is 6.44. The lowest BCUT2D eigenvalue weighted by Gasteiger charge is -2.02. The summed E-state index contributed by atoms with van der Waals surface area (Å²) in [5.41, 5.74) is 3.19. The van der Waals surface area contributed by atoms with Crippen molar-refractivity contribution in [2.45, 2.75) is 6.42 Å².